The molecule has 0 saturated carbocycles. The summed E-state index contributed by atoms with van der Waals surface area (Å²) in [5.74, 6) is 0.594. The lowest BCUT2D eigenvalue weighted by Gasteiger charge is -2.34. The number of sulfonamides is 1. The van der Waals surface area contributed by atoms with Crippen molar-refractivity contribution in [3.8, 4) is 28.1 Å². The van der Waals surface area contributed by atoms with Gasteiger partial charge in [-0.2, -0.15) is 5.10 Å². The van der Waals surface area contributed by atoms with Crippen molar-refractivity contribution in [3.05, 3.63) is 73.3 Å². The topological polar surface area (TPSA) is 116 Å². The number of rotatable bonds is 7. The van der Waals surface area contributed by atoms with Crippen molar-refractivity contribution < 1.29 is 13.2 Å². The Morgan fingerprint density at radius 1 is 0.875 bits per heavy atom. The van der Waals surface area contributed by atoms with Crippen LogP contribution in [-0.2, 0) is 10.0 Å². The van der Waals surface area contributed by atoms with E-state index in [9.17, 15) is 8.42 Å². The molecule has 0 bridgehead atoms. The molecule has 2 N–H and O–H groups in total. The lowest BCUT2D eigenvalue weighted by Crippen LogP contribution is -2.44. The predicted octanol–water partition coefficient (Wildman–Crippen LogP) is 4.90. The molecule has 2 aromatic carbocycles. The highest BCUT2D eigenvalue weighted by molar-refractivity contribution is 7.89. The molecule has 0 spiro atoms. The molecule has 1 saturated heterocycles. The molecule has 40 heavy (non-hydrogen) atoms. The summed E-state index contributed by atoms with van der Waals surface area (Å²) >= 11 is 0. The van der Waals surface area contributed by atoms with Gasteiger partial charge in [-0.15, -0.1) is 0 Å². The number of pyridine rings is 1. The van der Waals surface area contributed by atoms with Crippen LogP contribution in [0.3, 0.4) is 0 Å². The van der Waals surface area contributed by atoms with E-state index in [0.29, 0.717) is 16.9 Å². The Morgan fingerprint density at radius 3 is 2.35 bits per heavy atom. The van der Waals surface area contributed by atoms with E-state index in [2.05, 4.69) is 28.8 Å². The summed E-state index contributed by atoms with van der Waals surface area (Å²) in [6, 6.07) is 14.5. The first-order valence-electron chi connectivity index (χ1n) is 13.4. The molecule has 5 aromatic rings. The molecule has 0 aliphatic carbocycles. The molecule has 0 unspecified atom stereocenters. The van der Waals surface area contributed by atoms with Gasteiger partial charge in [-0.25, -0.2) is 28.0 Å². The van der Waals surface area contributed by atoms with E-state index >= 15 is 0 Å². The zero-order valence-corrected chi connectivity index (χ0v) is 23.4. The second kappa shape index (κ2) is 10.3. The van der Waals surface area contributed by atoms with Crippen LogP contribution < -0.4 is 9.88 Å². The highest BCUT2D eigenvalue weighted by atomic mass is 32.2. The summed E-state index contributed by atoms with van der Waals surface area (Å²) in [6.45, 7) is 7.34. The lowest BCUT2D eigenvalue weighted by molar-refractivity contribution is 0.0482. The molecule has 10 heteroatoms. The van der Waals surface area contributed by atoms with Crippen LogP contribution in [0.25, 0.3) is 38.7 Å². The molecule has 0 atom stereocenters. The fourth-order valence-electron chi connectivity index (χ4n) is 5.55. The van der Waals surface area contributed by atoms with Crippen LogP contribution in [-0.4, -0.2) is 58.1 Å². The lowest BCUT2D eigenvalue weighted by atomic mass is 10.00. The number of nitrogens with zero attached hydrogens (tertiary/aromatic N) is 5. The average molecular weight is 557 g/mol. The molecule has 0 amide bonds. The molecule has 0 radical (unpaired) electrons. The van der Waals surface area contributed by atoms with Crippen LogP contribution in [0.15, 0.2) is 78.2 Å². The maximum atomic E-state index is 12.1. The smallest absolute Gasteiger partial charge is 0.238 e. The Hall–Kier alpha value is -3.86. The third-order valence-corrected chi connectivity index (χ3v) is 8.31. The van der Waals surface area contributed by atoms with Gasteiger partial charge >= 0.3 is 0 Å². The largest absolute Gasteiger partial charge is 0.470 e. The number of hydrogen-bond donors (Lipinski definition) is 1. The van der Waals surface area contributed by atoms with Gasteiger partial charge in [0, 0.05) is 53.3 Å². The van der Waals surface area contributed by atoms with Gasteiger partial charge in [-0.3, -0.25) is 4.90 Å². The third-order valence-electron chi connectivity index (χ3n) is 7.34. The molecular weight excluding hydrogens is 524 g/mol. The van der Waals surface area contributed by atoms with Gasteiger partial charge in [-0.05, 0) is 62.9 Å². The minimum absolute atomic E-state index is 0.0911. The monoisotopic (exact) mass is 556 g/mol. The van der Waals surface area contributed by atoms with Crippen molar-refractivity contribution in [1.29, 1.82) is 0 Å². The van der Waals surface area contributed by atoms with Crippen molar-refractivity contribution in [2.45, 2.75) is 43.6 Å². The number of ether oxygens (including phenoxy) is 1. The minimum Gasteiger partial charge on any atom is -0.470 e. The number of hydrogen-bond acceptors (Lipinski definition) is 7. The average Bonchev–Trinajstić information content (AvgIpc) is 3.35. The Labute approximate surface area is 233 Å². The molecule has 9 nitrogen and oxygen atoms in total. The Bertz CT molecular complexity index is 1790. The van der Waals surface area contributed by atoms with E-state index in [4.69, 9.17) is 14.9 Å². The van der Waals surface area contributed by atoms with E-state index in [1.165, 1.54) is 25.3 Å². The van der Waals surface area contributed by atoms with Gasteiger partial charge in [0.2, 0.25) is 15.9 Å². The van der Waals surface area contributed by atoms with Crippen LogP contribution in [0, 0.1) is 0 Å². The standard InChI is InChI=1S/C30H32N6O3S/c1-30(2,20-35-14-6-3-7-15-35)39-28-13-10-21(16-32-28)22-17-33-29-26(18-34-36(29)19-22)24-11-12-27(40(31,37)38)25-9-5-4-8-23(24)25/h4-5,8-13,16-19H,3,6-7,14-15,20H2,1-2H3,(H2,31,37,38). The first kappa shape index (κ1) is 26.4. The fraction of sp³-hybridized carbons (Fsp3) is 0.300. The van der Waals surface area contributed by atoms with E-state index in [-0.39, 0.29) is 10.5 Å². The summed E-state index contributed by atoms with van der Waals surface area (Å²) < 4.78 is 32.2. The Balaban J connectivity index is 1.26. The number of benzene rings is 2. The van der Waals surface area contributed by atoms with E-state index in [1.54, 1.807) is 41.3 Å². The first-order valence-corrected chi connectivity index (χ1v) is 15.0. The number of aromatic nitrogens is 4. The summed E-state index contributed by atoms with van der Waals surface area (Å²) in [6.07, 6.45) is 11.0. The Morgan fingerprint density at radius 2 is 1.62 bits per heavy atom. The van der Waals surface area contributed by atoms with E-state index < -0.39 is 10.0 Å². The number of piperidine rings is 1. The zero-order valence-electron chi connectivity index (χ0n) is 22.6. The van der Waals surface area contributed by atoms with Gasteiger partial charge in [0.05, 0.1) is 11.1 Å². The van der Waals surface area contributed by atoms with Crippen LogP contribution in [0.1, 0.15) is 33.1 Å². The van der Waals surface area contributed by atoms with Gasteiger partial charge in [0.1, 0.15) is 5.60 Å². The summed E-state index contributed by atoms with van der Waals surface area (Å²) in [5.41, 5.74) is 3.70. The predicted molar refractivity (Wildman–Crippen MR) is 156 cm³/mol. The third kappa shape index (κ3) is 5.30. The van der Waals surface area contributed by atoms with Gasteiger partial charge in [0.15, 0.2) is 5.65 Å². The number of fused-ring (bicyclic) bond motifs is 2. The first-order chi connectivity index (χ1) is 19.2. The quantitative estimate of drug-likeness (QED) is 0.303. The number of likely N-dealkylation sites (tertiary alicyclic amines) is 1. The normalized spacial score (nSPS) is 15.1. The van der Waals surface area contributed by atoms with Crippen LogP contribution in [0.5, 0.6) is 5.88 Å². The van der Waals surface area contributed by atoms with Gasteiger partial charge < -0.3 is 4.74 Å². The molecule has 206 valence electrons. The van der Waals surface area contributed by atoms with Crippen LogP contribution in [0.2, 0.25) is 0 Å². The zero-order chi connectivity index (χ0) is 27.9. The van der Waals surface area contributed by atoms with Crippen molar-refractivity contribution in [2.24, 2.45) is 5.14 Å². The minimum atomic E-state index is -3.87. The second-order valence-electron chi connectivity index (χ2n) is 11.0. The number of primary sulfonamides is 1. The van der Waals surface area contributed by atoms with Crippen molar-refractivity contribution >= 4 is 26.4 Å². The molecule has 3 aromatic heterocycles. The molecule has 1 aliphatic rings. The van der Waals surface area contributed by atoms with E-state index in [1.807, 2.05) is 30.5 Å². The van der Waals surface area contributed by atoms with E-state index in [0.717, 1.165) is 47.3 Å². The van der Waals surface area contributed by atoms with Crippen LogP contribution >= 0.6 is 0 Å². The van der Waals surface area contributed by atoms with Crippen molar-refractivity contribution in [1.82, 2.24) is 24.5 Å². The van der Waals surface area contributed by atoms with Crippen LogP contribution in [0.4, 0.5) is 0 Å². The van der Waals surface area contributed by atoms with Gasteiger partial charge in [-0.1, -0.05) is 36.8 Å². The SMILES string of the molecule is CC(C)(CN1CCCCC1)Oc1ccc(-c2cnc3c(-c4ccc(S(N)(=O)=O)c5ccccc45)cnn3c2)cn1. The Kier molecular flexibility index (Phi) is 6.77. The van der Waals surface area contributed by atoms with Crippen molar-refractivity contribution in [3.63, 3.8) is 0 Å². The fourth-order valence-corrected chi connectivity index (χ4v) is 6.29. The maximum Gasteiger partial charge on any atom is 0.238 e. The summed E-state index contributed by atoms with van der Waals surface area (Å²) in [5, 5.41) is 11.3. The van der Waals surface area contributed by atoms with Crippen molar-refractivity contribution in [2.75, 3.05) is 19.6 Å². The summed E-state index contributed by atoms with van der Waals surface area (Å²) in [4.78, 5) is 11.8. The van der Waals surface area contributed by atoms with Gasteiger partial charge in [0.25, 0.3) is 0 Å². The highest BCUT2D eigenvalue weighted by Gasteiger charge is 2.25. The molecule has 4 heterocycles. The molecule has 1 aliphatic heterocycles. The molecular formula is C30H32N6O3S. The number of nitrogens with two attached hydrogens (primary N) is 1. The molecule has 6 rings (SSSR count). The maximum absolute atomic E-state index is 12.1. The summed E-state index contributed by atoms with van der Waals surface area (Å²) in [7, 11) is -3.87. The molecule has 1 fully saturated rings. The second-order valence-corrected chi connectivity index (χ2v) is 12.5. The highest BCUT2D eigenvalue weighted by Crippen LogP contribution is 2.34.